The number of pyridine rings is 4. The van der Waals surface area contributed by atoms with Gasteiger partial charge in [0.1, 0.15) is 11.4 Å². The van der Waals surface area contributed by atoms with Crippen molar-refractivity contribution in [2.75, 3.05) is 132 Å². The molecular formula is C59H82N8O16. The molecule has 2 N–H and O–H groups in total. The lowest BCUT2D eigenvalue weighted by molar-refractivity contribution is -0.193. The molecule has 0 amide bonds. The summed E-state index contributed by atoms with van der Waals surface area (Å²) >= 11 is 0. The summed E-state index contributed by atoms with van der Waals surface area (Å²) in [6.45, 7) is 15.3. The van der Waals surface area contributed by atoms with Crippen molar-refractivity contribution < 1.29 is 76.9 Å². The Bertz CT molecular complexity index is 2450. The molecule has 4 aromatic rings. The molecule has 24 heteroatoms. The molecule has 8 rings (SSSR count). The quantitative estimate of drug-likeness (QED) is 0.225. The summed E-state index contributed by atoms with van der Waals surface area (Å²) in [5.41, 5.74) is 3.62. The molecule has 2 saturated carbocycles. The number of carbonyl (C=O) groups excluding carboxylic acids is 4. The number of nitrogens with zero attached hydrogens (tertiary/aromatic N) is 8. The van der Waals surface area contributed by atoms with Crippen LogP contribution in [-0.2, 0) is 83.3 Å². The number of carbonyl (C=O) groups is 2. The molecule has 4 unspecified atom stereocenters. The van der Waals surface area contributed by atoms with Crippen LogP contribution in [0.3, 0.4) is 0 Å². The zero-order chi connectivity index (χ0) is 59.0. The van der Waals surface area contributed by atoms with Crippen LogP contribution in [0.2, 0.25) is 0 Å². The van der Waals surface area contributed by atoms with Gasteiger partial charge in [-0.2, -0.15) is 19.2 Å². The molecule has 6 heterocycles. The third-order valence-corrected chi connectivity index (χ3v) is 14.0. The second-order valence-corrected chi connectivity index (χ2v) is 19.9. The zero-order valence-electron chi connectivity index (χ0n) is 47.5. The van der Waals surface area contributed by atoms with Crippen molar-refractivity contribution in [1.29, 1.82) is 0 Å². The van der Waals surface area contributed by atoms with Gasteiger partial charge in [-0.1, -0.05) is 37.1 Å². The predicted octanol–water partition coefficient (Wildman–Crippen LogP) is 4.18. The number of hydrogen-bond acceptors (Lipinski definition) is 22. The fourth-order valence-electron chi connectivity index (χ4n) is 9.82. The van der Waals surface area contributed by atoms with Gasteiger partial charge in [-0.15, -0.1) is 0 Å². The Morgan fingerprint density at radius 1 is 0.398 bits per heavy atom. The maximum Gasteiger partial charge on any atom is 0.373 e. The fourth-order valence-corrected chi connectivity index (χ4v) is 9.82. The van der Waals surface area contributed by atoms with Crippen molar-refractivity contribution in [1.82, 2.24) is 39.5 Å². The van der Waals surface area contributed by atoms with E-state index in [0.717, 1.165) is 101 Å². The Morgan fingerprint density at radius 2 is 0.687 bits per heavy atom. The normalized spacial score (nSPS) is 22.3. The molecule has 4 aliphatic rings. The van der Waals surface area contributed by atoms with Gasteiger partial charge in [0, 0.05) is 90.9 Å². The van der Waals surface area contributed by atoms with E-state index in [1.807, 2.05) is 60.9 Å². The van der Waals surface area contributed by atoms with Crippen LogP contribution in [-0.4, -0.2) is 230 Å². The zero-order valence-corrected chi connectivity index (χ0v) is 47.5. The first-order valence-electron chi connectivity index (χ1n) is 28.5. The van der Waals surface area contributed by atoms with Crippen molar-refractivity contribution in [2.24, 2.45) is 0 Å². The Morgan fingerprint density at radius 3 is 0.988 bits per heavy atom. The maximum absolute atomic E-state index is 11.3. The molecule has 4 aromatic heterocycles. The van der Waals surface area contributed by atoms with E-state index >= 15 is 0 Å². The lowest BCUT2D eigenvalue weighted by atomic mass is 9.94. The minimum atomic E-state index is -1.02. The predicted molar refractivity (Wildman–Crippen MR) is 297 cm³/mol. The largest absolute Gasteiger partial charge is 0.477 e. The summed E-state index contributed by atoms with van der Waals surface area (Å²) in [6.07, 6.45) is 12.0. The van der Waals surface area contributed by atoms with E-state index in [-0.39, 0.29) is 48.1 Å². The van der Waals surface area contributed by atoms with Crippen LogP contribution in [0, 0.1) is 0 Å². The molecular weight excluding hydrogens is 1080 g/mol. The number of hydrogen-bond donors (Lipinski definition) is 2. The standard InChI is InChI=1S/C29H42N4O6.C28H40N4O6.2CO2/c34-29(35)26-8-5-7-25(31-26)23-33-13-17-37-21-20-36-16-12-32(22-24-6-3-4-11-30-24)14-18-38-27-9-1-2-10-28(27)39-19-15-33;33-28(34)25-7-3-6-24(30-25)22-32-12-16-36-20-19-35-15-11-31(21-23-5-1-2-10-29-23)13-17-37-26-8-4-9-27(26)38-18-14-32;2*2-1-3/h3-8,11,27-28H,1-2,9-10,12-23H2,(H,34,35);1-3,5-7,10,26-27H,4,8-9,11-22H2,(H,33,34);;. The van der Waals surface area contributed by atoms with Crippen LogP contribution >= 0.6 is 0 Å². The average molecular weight is 1160 g/mol. The fraction of sp³-hybridized carbons (Fsp3) is 0.593. The highest BCUT2D eigenvalue weighted by molar-refractivity contribution is 5.85. The Kier molecular flexibility index (Phi) is 34.0. The molecule has 83 heavy (non-hydrogen) atoms. The second kappa shape index (κ2) is 41.8. The van der Waals surface area contributed by atoms with E-state index in [9.17, 15) is 19.8 Å². The minimum absolute atomic E-state index is 0.0538. The molecule has 0 aromatic carbocycles. The molecule has 0 radical (unpaired) electrons. The summed E-state index contributed by atoms with van der Waals surface area (Å²) < 4.78 is 48.8. The minimum Gasteiger partial charge on any atom is -0.477 e. The van der Waals surface area contributed by atoms with Gasteiger partial charge in [-0.25, -0.2) is 19.6 Å². The smallest absolute Gasteiger partial charge is 0.373 e. The molecule has 2 saturated heterocycles. The summed E-state index contributed by atoms with van der Waals surface area (Å²) in [5.74, 6) is -2.04. The van der Waals surface area contributed by atoms with Crippen LogP contribution in [0.4, 0.5) is 0 Å². The number of fused-ring (bicyclic) bond motifs is 2. The third-order valence-electron chi connectivity index (χ3n) is 14.0. The van der Waals surface area contributed by atoms with Gasteiger partial charge < -0.3 is 48.1 Å². The lowest BCUT2D eigenvalue weighted by Crippen LogP contribution is -2.39. The van der Waals surface area contributed by atoms with Gasteiger partial charge in [-0.3, -0.25) is 29.6 Å². The first-order valence-corrected chi connectivity index (χ1v) is 28.5. The van der Waals surface area contributed by atoms with Crippen LogP contribution in [0.5, 0.6) is 0 Å². The molecule has 2 aliphatic heterocycles. The summed E-state index contributed by atoms with van der Waals surface area (Å²) in [7, 11) is 0. The highest BCUT2D eigenvalue weighted by atomic mass is 16.6. The van der Waals surface area contributed by atoms with Gasteiger partial charge in [0.25, 0.3) is 0 Å². The SMILES string of the molecule is O=C(O)c1cccc(CN2CCOCCOCCN(Cc3ccccn3)CCOC3CCCC3OCC2)n1.O=C(O)c1cccc(CN2CCOCCOCCN(Cc3ccccn3)CCOC3CCCCC3OCC2)n1.O=C=O.O=C=O. The van der Waals surface area contributed by atoms with E-state index in [1.54, 1.807) is 12.1 Å². The number of aromatic nitrogens is 4. The topological polar surface area (TPSA) is 281 Å². The third kappa shape index (κ3) is 28.3. The Labute approximate surface area is 485 Å². The molecule has 24 nitrogen and oxygen atoms in total. The summed E-state index contributed by atoms with van der Waals surface area (Å²) in [5, 5.41) is 18.6. The number of carboxylic acids is 2. The van der Waals surface area contributed by atoms with Crippen molar-refractivity contribution in [2.45, 2.75) is 95.5 Å². The van der Waals surface area contributed by atoms with Crippen LogP contribution < -0.4 is 0 Å². The van der Waals surface area contributed by atoms with Gasteiger partial charge >= 0.3 is 24.2 Å². The molecule has 454 valence electrons. The van der Waals surface area contributed by atoms with Crippen LogP contribution in [0.1, 0.15) is 88.7 Å². The molecule has 4 atom stereocenters. The number of aromatic carboxylic acids is 2. The van der Waals surface area contributed by atoms with Crippen molar-refractivity contribution in [3.8, 4) is 0 Å². The Hall–Kier alpha value is -6.18. The van der Waals surface area contributed by atoms with E-state index in [4.69, 9.17) is 57.1 Å². The Balaban J connectivity index is 0.000000278. The number of rotatable bonds is 10. The molecule has 4 fully saturated rings. The van der Waals surface area contributed by atoms with Crippen molar-refractivity contribution >= 4 is 24.2 Å². The summed E-state index contributed by atoms with van der Waals surface area (Å²) in [6, 6.07) is 22.2. The molecule has 0 bridgehead atoms. The maximum atomic E-state index is 11.3. The van der Waals surface area contributed by atoms with E-state index in [1.165, 1.54) is 12.1 Å². The van der Waals surface area contributed by atoms with Crippen molar-refractivity contribution in [3.05, 3.63) is 119 Å². The first-order chi connectivity index (χ1) is 40.7. The number of carboxylic acid groups (broad SMARTS) is 2. The van der Waals surface area contributed by atoms with Gasteiger partial charge in [0.15, 0.2) is 0 Å². The second-order valence-electron chi connectivity index (χ2n) is 19.9. The van der Waals surface area contributed by atoms with Crippen LogP contribution in [0.15, 0.2) is 85.2 Å². The number of ether oxygens (including phenoxy) is 8. The highest BCUT2D eigenvalue weighted by Gasteiger charge is 2.30. The average Bonchev–Trinajstić information content (AvgIpc) is 3.94. The van der Waals surface area contributed by atoms with Crippen molar-refractivity contribution in [3.63, 3.8) is 0 Å². The van der Waals surface area contributed by atoms with E-state index in [2.05, 4.69) is 39.5 Å². The molecule has 2 aliphatic carbocycles. The van der Waals surface area contributed by atoms with Crippen LogP contribution in [0.25, 0.3) is 0 Å². The van der Waals surface area contributed by atoms with Gasteiger partial charge in [-0.05, 0) is 80.6 Å². The summed E-state index contributed by atoms with van der Waals surface area (Å²) in [4.78, 5) is 81.7. The van der Waals surface area contributed by atoms with Gasteiger partial charge in [0.2, 0.25) is 0 Å². The monoisotopic (exact) mass is 1160 g/mol. The van der Waals surface area contributed by atoms with Gasteiger partial charge in [0.05, 0.1) is 126 Å². The highest BCUT2D eigenvalue weighted by Crippen LogP contribution is 2.26. The molecule has 0 spiro atoms. The van der Waals surface area contributed by atoms with E-state index in [0.29, 0.717) is 124 Å². The lowest BCUT2D eigenvalue weighted by Gasteiger charge is -2.33. The first kappa shape index (κ1) is 67.6. The van der Waals surface area contributed by atoms with E-state index < -0.39 is 11.9 Å².